The van der Waals surface area contributed by atoms with Crippen molar-refractivity contribution in [1.29, 1.82) is 0 Å². The molecule has 0 aromatic heterocycles. The monoisotopic (exact) mass is 573 g/mol. The summed E-state index contributed by atoms with van der Waals surface area (Å²) in [6.45, 7) is 4.47. The zero-order valence-corrected chi connectivity index (χ0v) is 26.3. The average molecular weight is 574 g/mol. The van der Waals surface area contributed by atoms with Gasteiger partial charge in [0.1, 0.15) is 0 Å². The molecule has 1 amide bonds. The highest BCUT2D eigenvalue weighted by Crippen LogP contribution is 2.14. The standard InChI is InChI=1S/C32H63NO5S/c1-3-5-7-9-11-13-15-16-17-18-20-22-24-26-28-32(35)33-30(29-39(36,37)38)31(34)27-25-23-21-19-14-12-10-8-6-4-2/h25,27,30-31,34H,3-24,26,28-29H2,1-2H3,(H,33,35)(H,36,37,38)/b27-25+. The van der Waals surface area contributed by atoms with Crippen molar-refractivity contribution in [2.45, 2.75) is 180 Å². The molecule has 0 aliphatic carbocycles. The third-order valence-electron chi connectivity index (χ3n) is 7.46. The molecular formula is C32H63NO5S. The lowest BCUT2D eigenvalue weighted by atomic mass is 10.0. The van der Waals surface area contributed by atoms with Crippen LogP contribution in [-0.2, 0) is 14.9 Å². The van der Waals surface area contributed by atoms with Gasteiger partial charge < -0.3 is 10.4 Å². The minimum Gasteiger partial charge on any atom is -0.387 e. The number of carbonyl (C=O) groups is 1. The molecule has 3 N–H and O–H groups in total. The van der Waals surface area contributed by atoms with E-state index in [1.807, 2.05) is 6.08 Å². The Morgan fingerprint density at radius 1 is 0.667 bits per heavy atom. The van der Waals surface area contributed by atoms with Crippen molar-refractivity contribution in [3.05, 3.63) is 12.2 Å². The first-order valence-corrected chi connectivity index (χ1v) is 18.0. The van der Waals surface area contributed by atoms with E-state index in [0.29, 0.717) is 6.42 Å². The first-order valence-electron chi connectivity index (χ1n) is 16.4. The van der Waals surface area contributed by atoms with E-state index in [4.69, 9.17) is 0 Å². The third-order valence-corrected chi connectivity index (χ3v) is 8.24. The molecule has 232 valence electrons. The van der Waals surface area contributed by atoms with Crippen molar-refractivity contribution in [3.63, 3.8) is 0 Å². The second-order valence-corrected chi connectivity index (χ2v) is 12.9. The van der Waals surface area contributed by atoms with Gasteiger partial charge in [0.05, 0.1) is 17.9 Å². The Morgan fingerprint density at radius 2 is 1.05 bits per heavy atom. The molecule has 6 nitrogen and oxygen atoms in total. The average Bonchev–Trinajstić information content (AvgIpc) is 2.88. The molecule has 7 heteroatoms. The molecule has 2 unspecified atom stereocenters. The molecule has 0 heterocycles. The number of aliphatic hydroxyl groups is 1. The predicted octanol–water partition coefficient (Wildman–Crippen LogP) is 8.68. The zero-order chi connectivity index (χ0) is 29.0. The molecule has 0 spiro atoms. The topological polar surface area (TPSA) is 104 Å². The van der Waals surface area contributed by atoms with Gasteiger partial charge in [-0.1, -0.05) is 154 Å². The van der Waals surface area contributed by atoms with Gasteiger partial charge in [-0.15, -0.1) is 0 Å². The molecule has 0 fully saturated rings. The Hall–Kier alpha value is -0.920. The fourth-order valence-electron chi connectivity index (χ4n) is 4.98. The number of unbranched alkanes of at least 4 members (excludes halogenated alkanes) is 21. The van der Waals surface area contributed by atoms with E-state index in [2.05, 4.69) is 19.2 Å². The lowest BCUT2D eigenvalue weighted by Gasteiger charge is -2.21. The maximum atomic E-state index is 12.4. The number of rotatable bonds is 29. The summed E-state index contributed by atoms with van der Waals surface area (Å²) in [5, 5.41) is 13.1. The molecule has 0 saturated heterocycles. The van der Waals surface area contributed by atoms with Crippen LogP contribution in [0.25, 0.3) is 0 Å². The molecule has 0 rings (SSSR count). The fraction of sp³-hybridized carbons (Fsp3) is 0.906. The fourth-order valence-corrected chi connectivity index (χ4v) is 5.71. The van der Waals surface area contributed by atoms with Crippen LogP contribution in [0.2, 0.25) is 0 Å². The Balaban J connectivity index is 4.01. The van der Waals surface area contributed by atoms with Crippen molar-refractivity contribution >= 4 is 16.0 Å². The maximum absolute atomic E-state index is 12.4. The van der Waals surface area contributed by atoms with Crippen LogP contribution < -0.4 is 5.32 Å². The maximum Gasteiger partial charge on any atom is 0.267 e. The lowest BCUT2D eigenvalue weighted by molar-refractivity contribution is -0.122. The lowest BCUT2D eigenvalue weighted by Crippen LogP contribution is -2.46. The van der Waals surface area contributed by atoms with Gasteiger partial charge in [0.25, 0.3) is 10.1 Å². The van der Waals surface area contributed by atoms with Gasteiger partial charge in [-0.25, -0.2) is 0 Å². The van der Waals surface area contributed by atoms with Crippen LogP contribution in [0.5, 0.6) is 0 Å². The van der Waals surface area contributed by atoms with Gasteiger partial charge in [0, 0.05) is 6.42 Å². The summed E-state index contributed by atoms with van der Waals surface area (Å²) in [6.07, 6.45) is 30.5. The molecular weight excluding hydrogens is 510 g/mol. The number of aliphatic hydroxyl groups excluding tert-OH is 1. The minimum atomic E-state index is -4.32. The summed E-state index contributed by atoms with van der Waals surface area (Å²) < 4.78 is 32.2. The summed E-state index contributed by atoms with van der Waals surface area (Å²) >= 11 is 0. The molecule has 0 saturated carbocycles. The molecule has 0 aromatic rings. The highest BCUT2D eigenvalue weighted by molar-refractivity contribution is 7.85. The number of nitrogens with one attached hydrogen (secondary N) is 1. The van der Waals surface area contributed by atoms with Crippen molar-refractivity contribution in [2.24, 2.45) is 0 Å². The van der Waals surface area contributed by atoms with E-state index in [1.165, 1.54) is 109 Å². The number of hydrogen-bond donors (Lipinski definition) is 3. The van der Waals surface area contributed by atoms with E-state index in [1.54, 1.807) is 6.08 Å². The summed E-state index contributed by atoms with van der Waals surface area (Å²) in [5.74, 6) is -0.973. The number of amides is 1. The molecule has 0 radical (unpaired) electrons. The second-order valence-electron chi connectivity index (χ2n) is 11.5. The van der Waals surface area contributed by atoms with Crippen molar-refractivity contribution in [3.8, 4) is 0 Å². The first kappa shape index (κ1) is 38.1. The Bertz CT molecular complexity index is 680. The van der Waals surface area contributed by atoms with Crippen molar-refractivity contribution < 1.29 is 22.9 Å². The van der Waals surface area contributed by atoms with Crippen LogP contribution in [0, 0.1) is 0 Å². The highest BCUT2D eigenvalue weighted by atomic mass is 32.2. The molecule has 39 heavy (non-hydrogen) atoms. The van der Waals surface area contributed by atoms with Crippen molar-refractivity contribution in [2.75, 3.05) is 5.75 Å². The van der Waals surface area contributed by atoms with Gasteiger partial charge in [0.15, 0.2) is 0 Å². The van der Waals surface area contributed by atoms with Crippen LogP contribution >= 0.6 is 0 Å². The third kappa shape index (κ3) is 28.4. The van der Waals surface area contributed by atoms with Crippen LogP contribution in [0.1, 0.15) is 168 Å². The summed E-state index contributed by atoms with van der Waals surface area (Å²) in [7, 11) is -4.32. The van der Waals surface area contributed by atoms with Gasteiger partial charge in [-0.3, -0.25) is 9.35 Å². The predicted molar refractivity (Wildman–Crippen MR) is 166 cm³/mol. The van der Waals surface area contributed by atoms with Gasteiger partial charge in [-0.05, 0) is 19.3 Å². The number of allylic oxidation sites excluding steroid dienone is 1. The Kier molecular flexibility index (Phi) is 26.6. The van der Waals surface area contributed by atoms with Gasteiger partial charge in [-0.2, -0.15) is 8.42 Å². The Morgan fingerprint density at radius 3 is 1.46 bits per heavy atom. The van der Waals surface area contributed by atoms with E-state index in [9.17, 15) is 22.9 Å². The van der Waals surface area contributed by atoms with Crippen LogP contribution in [0.4, 0.5) is 0 Å². The minimum absolute atomic E-state index is 0.280. The normalized spacial score (nSPS) is 13.6. The van der Waals surface area contributed by atoms with E-state index in [-0.39, 0.29) is 5.91 Å². The van der Waals surface area contributed by atoms with E-state index >= 15 is 0 Å². The first-order chi connectivity index (χ1) is 18.8. The molecule has 0 aliphatic rings. The van der Waals surface area contributed by atoms with Gasteiger partial charge >= 0.3 is 0 Å². The summed E-state index contributed by atoms with van der Waals surface area (Å²) in [5.41, 5.74) is 0. The molecule has 0 aliphatic heterocycles. The van der Waals surface area contributed by atoms with Crippen LogP contribution in [-0.4, -0.2) is 41.9 Å². The molecule has 2 atom stereocenters. The molecule has 0 aromatic carbocycles. The zero-order valence-electron chi connectivity index (χ0n) is 25.5. The molecule has 0 bridgehead atoms. The smallest absolute Gasteiger partial charge is 0.267 e. The SMILES string of the molecule is CCCCCCCCCC/C=C/C(O)C(CS(=O)(=O)O)NC(=O)CCCCCCCCCCCCCCCC. The number of carbonyl (C=O) groups excluding carboxylic acids is 1. The van der Waals surface area contributed by atoms with E-state index < -0.39 is 28.0 Å². The Labute approximate surface area is 241 Å². The largest absolute Gasteiger partial charge is 0.387 e. The van der Waals surface area contributed by atoms with Gasteiger partial charge in [0.2, 0.25) is 5.91 Å². The summed E-state index contributed by atoms with van der Waals surface area (Å²) in [4.78, 5) is 12.4. The number of hydrogen-bond acceptors (Lipinski definition) is 4. The van der Waals surface area contributed by atoms with E-state index in [0.717, 1.165) is 38.5 Å². The van der Waals surface area contributed by atoms with Crippen LogP contribution in [0.15, 0.2) is 12.2 Å². The second kappa shape index (κ2) is 27.3. The van der Waals surface area contributed by atoms with Crippen molar-refractivity contribution in [1.82, 2.24) is 5.32 Å². The summed E-state index contributed by atoms with van der Waals surface area (Å²) in [6, 6.07) is -1.05. The highest BCUT2D eigenvalue weighted by Gasteiger charge is 2.24. The quantitative estimate of drug-likeness (QED) is 0.0472. The van der Waals surface area contributed by atoms with Crippen LogP contribution in [0.3, 0.4) is 0 Å².